The Morgan fingerprint density at radius 1 is 1.05 bits per heavy atom. The molecule has 0 radical (unpaired) electrons. The molecule has 0 bridgehead atoms. The third kappa shape index (κ3) is 1.95. The molecule has 102 valence electrons. The van der Waals surface area contributed by atoms with Crippen molar-refractivity contribution >= 4 is 10.9 Å². The Morgan fingerprint density at radius 3 is 2.80 bits per heavy atom. The summed E-state index contributed by atoms with van der Waals surface area (Å²) in [6.07, 6.45) is 5.69. The van der Waals surface area contributed by atoms with Gasteiger partial charge in [0, 0.05) is 22.5 Å². The standard InChI is InChI=1S/C17H16N2.HI/c1-19-11-5-7-12-6-4-9-14-13-8-2-3-10-15(13)18-16(14)17(12)19;/h2-3,5,7-8,10-11H,4,6,9H2,1H3;1H. The fraction of sp³-hybridized carbons (Fsp3) is 0.235. The SMILES string of the molecule is C[n+]1cccc2c1-c1[nH]c3ccccc3c1CCC2.[I-]. The van der Waals surface area contributed by atoms with E-state index >= 15 is 0 Å². The maximum Gasteiger partial charge on any atom is 0.232 e. The van der Waals surface area contributed by atoms with E-state index in [2.05, 4.69) is 59.2 Å². The van der Waals surface area contributed by atoms with Crippen molar-refractivity contribution in [2.45, 2.75) is 19.3 Å². The molecule has 0 unspecified atom stereocenters. The van der Waals surface area contributed by atoms with Crippen LogP contribution in [0.15, 0.2) is 42.6 Å². The Hall–Kier alpha value is -1.36. The average molecular weight is 376 g/mol. The number of nitrogens with one attached hydrogen (secondary N) is 1. The average Bonchev–Trinajstić information content (AvgIpc) is 2.67. The maximum absolute atomic E-state index is 3.63. The van der Waals surface area contributed by atoms with E-state index in [0.29, 0.717) is 0 Å². The third-order valence-electron chi connectivity index (χ3n) is 4.19. The first-order valence-electron chi connectivity index (χ1n) is 6.92. The predicted octanol–water partition coefficient (Wildman–Crippen LogP) is 0.152. The number of rotatable bonds is 0. The highest BCUT2D eigenvalue weighted by Gasteiger charge is 2.25. The highest BCUT2D eigenvalue weighted by atomic mass is 127. The van der Waals surface area contributed by atoms with Gasteiger partial charge in [-0.2, -0.15) is 4.57 Å². The second-order valence-corrected chi connectivity index (χ2v) is 5.37. The molecular formula is C17H17IN2. The number of nitrogens with zero attached hydrogens (tertiary/aromatic N) is 1. The van der Waals surface area contributed by atoms with Gasteiger partial charge in [0.2, 0.25) is 5.69 Å². The molecule has 1 aliphatic carbocycles. The summed E-state index contributed by atoms with van der Waals surface area (Å²) in [6, 6.07) is 13.0. The molecule has 3 heteroatoms. The first kappa shape index (κ1) is 13.6. The zero-order valence-corrected chi connectivity index (χ0v) is 13.6. The molecule has 0 aliphatic heterocycles. The Labute approximate surface area is 135 Å². The number of aryl methyl sites for hydroxylation is 3. The molecule has 0 fully saturated rings. The number of H-pyrrole nitrogens is 1. The van der Waals surface area contributed by atoms with Crippen molar-refractivity contribution in [2.24, 2.45) is 7.05 Å². The Balaban J connectivity index is 0.00000121. The van der Waals surface area contributed by atoms with Gasteiger partial charge < -0.3 is 29.0 Å². The lowest BCUT2D eigenvalue weighted by molar-refractivity contribution is -0.660. The molecular weight excluding hydrogens is 359 g/mol. The molecule has 20 heavy (non-hydrogen) atoms. The second kappa shape index (κ2) is 5.20. The largest absolute Gasteiger partial charge is 1.00 e. The van der Waals surface area contributed by atoms with E-state index in [-0.39, 0.29) is 24.0 Å². The lowest BCUT2D eigenvalue weighted by Gasteiger charge is -2.02. The van der Waals surface area contributed by atoms with Crippen LogP contribution in [0.25, 0.3) is 22.3 Å². The van der Waals surface area contributed by atoms with Gasteiger partial charge in [-0.25, -0.2) is 0 Å². The third-order valence-corrected chi connectivity index (χ3v) is 4.19. The van der Waals surface area contributed by atoms with Crippen LogP contribution in [0.4, 0.5) is 0 Å². The summed E-state index contributed by atoms with van der Waals surface area (Å²) in [7, 11) is 2.14. The highest BCUT2D eigenvalue weighted by Crippen LogP contribution is 2.34. The fourth-order valence-corrected chi connectivity index (χ4v) is 3.32. The molecule has 0 atom stereocenters. The summed E-state index contributed by atoms with van der Waals surface area (Å²) in [5.74, 6) is 0. The predicted molar refractivity (Wildman–Crippen MR) is 76.9 cm³/mol. The van der Waals surface area contributed by atoms with E-state index in [0.717, 1.165) is 6.42 Å². The van der Waals surface area contributed by atoms with E-state index < -0.39 is 0 Å². The van der Waals surface area contributed by atoms with Crippen molar-refractivity contribution in [2.75, 3.05) is 0 Å². The summed E-state index contributed by atoms with van der Waals surface area (Å²) < 4.78 is 2.24. The molecule has 2 nitrogen and oxygen atoms in total. The van der Waals surface area contributed by atoms with E-state index in [4.69, 9.17) is 0 Å². The molecule has 2 aromatic heterocycles. The lowest BCUT2D eigenvalue weighted by Crippen LogP contribution is -3.00. The van der Waals surface area contributed by atoms with Crippen LogP contribution in [0.2, 0.25) is 0 Å². The van der Waals surface area contributed by atoms with Gasteiger partial charge in [0.05, 0.1) is 0 Å². The van der Waals surface area contributed by atoms with Crippen LogP contribution in [-0.2, 0) is 19.9 Å². The Kier molecular flexibility index (Phi) is 3.54. The van der Waals surface area contributed by atoms with E-state index in [1.165, 1.54) is 46.3 Å². The molecule has 0 saturated heterocycles. The molecule has 0 saturated carbocycles. The van der Waals surface area contributed by atoms with E-state index in [1.807, 2.05) is 0 Å². The van der Waals surface area contributed by atoms with Crippen molar-refractivity contribution in [3.8, 4) is 11.4 Å². The van der Waals surface area contributed by atoms with Crippen molar-refractivity contribution in [3.63, 3.8) is 0 Å². The summed E-state index contributed by atoms with van der Waals surface area (Å²) in [4.78, 5) is 3.63. The van der Waals surface area contributed by atoms with E-state index in [1.54, 1.807) is 0 Å². The number of pyridine rings is 1. The summed E-state index contributed by atoms with van der Waals surface area (Å²) in [5, 5.41) is 1.38. The molecule has 0 amide bonds. The molecule has 3 aromatic rings. The minimum Gasteiger partial charge on any atom is -1.00 e. The number of aromatic nitrogens is 2. The van der Waals surface area contributed by atoms with Gasteiger partial charge in [0.15, 0.2) is 6.20 Å². The van der Waals surface area contributed by atoms with Crippen LogP contribution in [0.5, 0.6) is 0 Å². The molecule has 1 N–H and O–H groups in total. The zero-order valence-electron chi connectivity index (χ0n) is 11.5. The smallest absolute Gasteiger partial charge is 0.232 e. The van der Waals surface area contributed by atoms with Gasteiger partial charge in [-0.15, -0.1) is 0 Å². The zero-order chi connectivity index (χ0) is 12.8. The van der Waals surface area contributed by atoms with Gasteiger partial charge in [0.25, 0.3) is 0 Å². The van der Waals surface area contributed by atoms with Crippen LogP contribution >= 0.6 is 0 Å². The van der Waals surface area contributed by atoms with Gasteiger partial charge in [-0.05, 0) is 37.0 Å². The number of hydrogen-bond acceptors (Lipinski definition) is 0. The number of benzene rings is 1. The number of fused-ring (bicyclic) bond motifs is 5. The summed E-state index contributed by atoms with van der Waals surface area (Å²) in [6.45, 7) is 0. The van der Waals surface area contributed by atoms with Gasteiger partial charge in [0.1, 0.15) is 12.7 Å². The van der Waals surface area contributed by atoms with Gasteiger partial charge in [-0.1, -0.05) is 18.2 Å². The van der Waals surface area contributed by atoms with Crippen LogP contribution in [0, 0.1) is 0 Å². The molecule has 2 heterocycles. The van der Waals surface area contributed by atoms with Gasteiger partial charge in [-0.3, -0.25) is 0 Å². The van der Waals surface area contributed by atoms with Gasteiger partial charge >= 0.3 is 0 Å². The number of halogens is 1. The minimum atomic E-state index is 0. The normalized spacial score (nSPS) is 13.2. The van der Waals surface area contributed by atoms with Crippen LogP contribution < -0.4 is 28.5 Å². The molecule has 1 aromatic carbocycles. The van der Waals surface area contributed by atoms with Crippen LogP contribution in [0.3, 0.4) is 0 Å². The van der Waals surface area contributed by atoms with Crippen molar-refractivity contribution in [1.29, 1.82) is 0 Å². The number of aromatic amines is 1. The first-order chi connectivity index (χ1) is 9.34. The lowest BCUT2D eigenvalue weighted by atomic mass is 10.1. The second-order valence-electron chi connectivity index (χ2n) is 5.37. The Morgan fingerprint density at radius 2 is 1.90 bits per heavy atom. The topological polar surface area (TPSA) is 19.7 Å². The number of para-hydroxylation sites is 1. The quantitative estimate of drug-likeness (QED) is 0.426. The Bertz CT molecular complexity index is 774. The minimum absolute atomic E-state index is 0. The summed E-state index contributed by atoms with van der Waals surface area (Å²) >= 11 is 0. The first-order valence-corrected chi connectivity index (χ1v) is 6.92. The van der Waals surface area contributed by atoms with Crippen molar-refractivity contribution in [1.82, 2.24) is 4.98 Å². The highest BCUT2D eigenvalue weighted by molar-refractivity contribution is 5.90. The summed E-state index contributed by atoms with van der Waals surface area (Å²) in [5.41, 5.74) is 6.86. The van der Waals surface area contributed by atoms with Crippen molar-refractivity contribution in [3.05, 3.63) is 53.7 Å². The molecule has 4 rings (SSSR count). The molecule has 0 spiro atoms. The maximum atomic E-state index is 3.63. The number of hydrogen-bond donors (Lipinski definition) is 1. The molecule has 1 aliphatic rings. The van der Waals surface area contributed by atoms with E-state index in [9.17, 15) is 0 Å². The fourth-order valence-electron chi connectivity index (χ4n) is 3.32. The van der Waals surface area contributed by atoms with Crippen LogP contribution in [-0.4, -0.2) is 4.98 Å². The van der Waals surface area contributed by atoms with Crippen LogP contribution in [0.1, 0.15) is 17.5 Å². The monoisotopic (exact) mass is 376 g/mol. The van der Waals surface area contributed by atoms with Crippen molar-refractivity contribution < 1.29 is 28.5 Å².